The minimum atomic E-state index is -0.0716. The van der Waals surface area contributed by atoms with Crippen LogP contribution >= 0.6 is 0 Å². The van der Waals surface area contributed by atoms with Crippen molar-refractivity contribution in [1.29, 1.82) is 0 Å². The van der Waals surface area contributed by atoms with E-state index in [0.717, 1.165) is 30.5 Å². The molecule has 1 aliphatic rings. The quantitative estimate of drug-likeness (QED) is 0.370. The van der Waals surface area contributed by atoms with Gasteiger partial charge < -0.3 is 9.47 Å². The molecule has 3 heteroatoms. The highest BCUT2D eigenvalue weighted by atomic mass is 16.2. The van der Waals surface area contributed by atoms with Crippen LogP contribution in [0.25, 0.3) is 22.2 Å². The Labute approximate surface area is 183 Å². The van der Waals surface area contributed by atoms with Gasteiger partial charge in [-0.15, -0.1) is 0 Å². The molecule has 2 heterocycles. The van der Waals surface area contributed by atoms with Crippen LogP contribution in [0.15, 0.2) is 72.8 Å². The van der Waals surface area contributed by atoms with Crippen LogP contribution in [-0.4, -0.2) is 21.9 Å². The molecule has 0 aliphatic carbocycles. The number of hydrogen-bond donors (Lipinski definition) is 0. The molecule has 1 amide bonds. The molecule has 0 N–H and O–H groups in total. The van der Waals surface area contributed by atoms with Crippen molar-refractivity contribution in [2.75, 3.05) is 6.54 Å². The fraction of sp³-hybridized carbons (Fsp3) is 0.250. The Hall–Kier alpha value is -3.33. The number of fused-ring (bicyclic) bond motifs is 2. The van der Waals surface area contributed by atoms with Crippen molar-refractivity contribution in [2.45, 2.75) is 32.7 Å². The lowest BCUT2D eigenvalue weighted by Crippen LogP contribution is -2.30. The predicted octanol–water partition coefficient (Wildman–Crippen LogP) is 6.50. The summed E-state index contributed by atoms with van der Waals surface area (Å²) >= 11 is 0. The average Bonchev–Trinajstić information content (AvgIpc) is 3.24. The third-order valence-electron chi connectivity index (χ3n) is 6.56. The van der Waals surface area contributed by atoms with Crippen molar-refractivity contribution in [3.8, 4) is 11.3 Å². The summed E-state index contributed by atoms with van der Waals surface area (Å²) in [6.45, 7) is 5.06. The molecule has 0 saturated heterocycles. The van der Waals surface area contributed by atoms with Gasteiger partial charge in [-0.2, -0.15) is 0 Å². The molecule has 0 spiro atoms. The maximum atomic E-state index is 13.4. The second-order valence-corrected chi connectivity index (χ2v) is 8.55. The molecule has 1 atom stereocenters. The van der Waals surface area contributed by atoms with Crippen LogP contribution in [0.1, 0.15) is 52.9 Å². The topological polar surface area (TPSA) is 25.2 Å². The van der Waals surface area contributed by atoms with E-state index in [1.54, 1.807) is 0 Å². The third-order valence-corrected chi connectivity index (χ3v) is 6.56. The Balaban J connectivity index is 1.82. The monoisotopic (exact) mass is 408 g/mol. The highest BCUT2D eigenvalue weighted by molar-refractivity contribution is 6.02. The number of unbranched alkanes of at least 4 members (excludes halogenated alkanes) is 1. The highest BCUT2D eigenvalue weighted by Crippen LogP contribution is 2.46. The Morgan fingerprint density at radius 3 is 2.39 bits per heavy atom. The van der Waals surface area contributed by atoms with E-state index in [9.17, 15) is 4.79 Å². The molecule has 3 aromatic carbocycles. The van der Waals surface area contributed by atoms with Gasteiger partial charge >= 0.3 is 0 Å². The second-order valence-electron chi connectivity index (χ2n) is 8.55. The molecule has 1 aromatic heterocycles. The van der Waals surface area contributed by atoms with Gasteiger partial charge in [-0.05, 0) is 36.6 Å². The van der Waals surface area contributed by atoms with Crippen molar-refractivity contribution < 1.29 is 4.79 Å². The van der Waals surface area contributed by atoms with Crippen LogP contribution in [0.3, 0.4) is 0 Å². The van der Waals surface area contributed by atoms with Crippen molar-refractivity contribution in [3.05, 3.63) is 95.1 Å². The lowest BCUT2D eigenvalue weighted by Gasteiger charge is -2.27. The summed E-state index contributed by atoms with van der Waals surface area (Å²) < 4.78 is 2.29. The molecule has 1 aliphatic heterocycles. The standard InChI is InChI=1S/C28H28N2O/c1-4-5-18-30-27(21-10-6-7-11-22(21)28(30)31)25-23-12-8-9-13-24(23)29(3)26(25)20-16-14-19(2)15-17-20/h6-17,27H,4-5,18H2,1-3H3/t27-/m1/s1. The number of carbonyl (C=O) groups excluding carboxylic acids is 1. The van der Waals surface area contributed by atoms with Crippen LogP contribution in [0.5, 0.6) is 0 Å². The summed E-state index contributed by atoms with van der Waals surface area (Å²) in [6, 6.07) is 25.4. The Morgan fingerprint density at radius 1 is 0.903 bits per heavy atom. The normalized spacial score (nSPS) is 15.6. The van der Waals surface area contributed by atoms with E-state index < -0.39 is 0 Å². The molecule has 0 fully saturated rings. The summed E-state index contributed by atoms with van der Waals surface area (Å²) in [5, 5.41) is 1.22. The second kappa shape index (κ2) is 7.73. The average molecular weight is 409 g/mol. The lowest BCUT2D eigenvalue weighted by molar-refractivity contribution is 0.0748. The van der Waals surface area contributed by atoms with E-state index in [1.807, 2.05) is 12.1 Å². The number of aryl methyl sites for hydroxylation is 2. The first kappa shape index (κ1) is 19.6. The minimum Gasteiger partial charge on any atom is -0.343 e. The first-order chi connectivity index (χ1) is 15.1. The number of rotatable bonds is 5. The number of hydrogen-bond acceptors (Lipinski definition) is 1. The van der Waals surface area contributed by atoms with Gasteiger partial charge in [-0.1, -0.05) is 79.6 Å². The number of para-hydroxylation sites is 1. The van der Waals surface area contributed by atoms with E-state index in [4.69, 9.17) is 0 Å². The predicted molar refractivity (Wildman–Crippen MR) is 127 cm³/mol. The van der Waals surface area contributed by atoms with E-state index in [1.165, 1.54) is 33.3 Å². The summed E-state index contributed by atoms with van der Waals surface area (Å²) in [6.07, 6.45) is 2.06. The van der Waals surface area contributed by atoms with Crippen LogP contribution in [0, 0.1) is 6.92 Å². The summed E-state index contributed by atoms with van der Waals surface area (Å²) in [4.78, 5) is 15.5. The molecule has 4 aromatic rings. The van der Waals surface area contributed by atoms with Crippen molar-refractivity contribution in [3.63, 3.8) is 0 Å². The fourth-order valence-electron chi connectivity index (χ4n) is 5.00. The Bertz CT molecular complexity index is 1270. The van der Waals surface area contributed by atoms with E-state index >= 15 is 0 Å². The van der Waals surface area contributed by atoms with Crippen LogP contribution < -0.4 is 0 Å². The zero-order chi connectivity index (χ0) is 21.5. The van der Waals surface area contributed by atoms with Gasteiger partial charge in [-0.3, -0.25) is 4.79 Å². The van der Waals surface area contributed by atoms with Gasteiger partial charge in [0.05, 0.1) is 11.7 Å². The first-order valence-electron chi connectivity index (χ1n) is 11.2. The third kappa shape index (κ3) is 3.07. The van der Waals surface area contributed by atoms with Crippen LogP contribution in [0.2, 0.25) is 0 Å². The number of nitrogens with zero attached hydrogens (tertiary/aromatic N) is 2. The molecule has 3 nitrogen and oxygen atoms in total. The van der Waals surface area contributed by atoms with Crippen LogP contribution in [0.4, 0.5) is 0 Å². The van der Waals surface area contributed by atoms with Gasteiger partial charge in [0.25, 0.3) is 5.91 Å². The Morgan fingerprint density at radius 2 is 1.61 bits per heavy atom. The largest absolute Gasteiger partial charge is 0.343 e. The zero-order valence-corrected chi connectivity index (χ0v) is 18.4. The first-order valence-corrected chi connectivity index (χ1v) is 11.2. The van der Waals surface area contributed by atoms with Gasteiger partial charge in [0.2, 0.25) is 0 Å². The minimum absolute atomic E-state index is 0.0716. The van der Waals surface area contributed by atoms with Crippen LogP contribution in [-0.2, 0) is 7.05 Å². The maximum Gasteiger partial charge on any atom is 0.255 e. The van der Waals surface area contributed by atoms with E-state index in [-0.39, 0.29) is 11.9 Å². The molecule has 31 heavy (non-hydrogen) atoms. The molecule has 5 rings (SSSR count). The van der Waals surface area contributed by atoms with E-state index in [0.29, 0.717) is 0 Å². The molecular weight excluding hydrogens is 380 g/mol. The molecule has 0 unspecified atom stereocenters. The lowest BCUT2D eigenvalue weighted by atomic mass is 9.93. The van der Waals surface area contributed by atoms with Crippen molar-refractivity contribution in [1.82, 2.24) is 9.47 Å². The zero-order valence-electron chi connectivity index (χ0n) is 18.4. The van der Waals surface area contributed by atoms with Gasteiger partial charge in [0.1, 0.15) is 0 Å². The number of aromatic nitrogens is 1. The SMILES string of the molecule is CCCCN1C(=O)c2ccccc2[C@@H]1c1c(-c2ccc(C)cc2)n(C)c2ccccc12. The summed E-state index contributed by atoms with van der Waals surface area (Å²) in [7, 11) is 2.14. The number of carbonyl (C=O) groups is 1. The van der Waals surface area contributed by atoms with Gasteiger partial charge in [-0.25, -0.2) is 0 Å². The molecule has 156 valence electrons. The summed E-state index contributed by atoms with van der Waals surface area (Å²) in [5.74, 6) is 0.150. The molecule has 0 bridgehead atoms. The maximum absolute atomic E-state index is 13.4. The van der Waals surface area contributed by atoms with Crippen molar-refractivity contribution >= 4 is 16.8 Å². The van der Waals surface area contributed by atoms with E-state index in [2.05, 4.69) is 91.0 Å². The molecule has 0 radical (unpaired) electrons. The molecule has 0 saturated carbocycles. The fourth-order valence-corrected chi connectivity index (χ4v) is 5.00. The number of benzene rings is 3. The summed E-state index contributed by atoms with van der Waals surface area (Å²) in [5.41, 5.74) is 8.01. The molecular formula is C28H28N2O. The number of amides is 1. The Kier molecular flexibility index (Phi) is 4.90. The van der Waals surface area contributed by atoms with Crippen molar-refractivity contribution in [2.24, 2.45) is 7.05 Å². The smallest absolute Gasteiger partial charge is 0.255 e. The van der Waals surface area contributed by atoms with Gasteiger partial charge in [0.15, 0.2) is 0 Å². The highest BCUT2D eigenvalue weighted by Gasteiger charge is 2.40. The van der Waals surface area contributed by atoms with Gasteiger partial charge in [0, 0.05) is 35.6 Å².